The second kappa shape index (κ2) is 15.6. The van der Waals surface area contributed by atoms with Crippen LogP contribution in [0, 0.1) is 6.92 Å². The first-order chi connectivity index (χ1) is 21.5. The molecule has 4 aromatic rings. The summed E-state index contributed by atoms with van der Waals surface area (Å²) < 4.78 is 29.3. The average Bonchev–Trinajstić information content (AvgIpc) is 3.03. The molecule has 0 spiro atoms. The number of aryl methyl sites for hydroxylation is 1. The van der Waals surface area contributed by atoms with Crippen LogP contribution in [-0.4, -0.2) is 44.3 Å². The highest BCUT2D eigenvalue weighted by atomic mass is 35.5. The fraction of sp³-hybridized carbons (Fsp3) is 0.235. The number of amides is 2. The van der Waals surface area contributed by atoms with E-state index >= 15 is 0 Å². The number of carbonyl (C=O) groups is 2. The zero-order valence-corrected chi connectivity index (χ0v) is 28.0. The Balaban J connectivity index is 1.82. The van der Waals surface area contributed by atoms with Gasteiger partial charge in [0.1, 0.15) is 12.6 Å². The average molecular weight is 687 g/mol. The third-order valence-corrected chi connectivity index (χ3v) is 9.99. The maximum absolute atomic E-state index is 14.5. The monoisotopic (exact) mass is 685 g/mol. The number of sulfonamides is 1. The summed E-state index contributed by atoms with van der Waals surface area (Å²) in [6.07, 6.45) is 0.905. The molecule has 0 aliphatic rings. The van der Waals surface area contributed by atoms with Crippen LogP contribution in [-0.2, 0) is 32.6 Å². The minimum atomic E-state index is -4.24. The summed E-state index contributed by atoms with van der Waals surface area (Å²) in [5.74, 6) is -0.924. The first-order valence-electron chi connectivity index (χ1n) is 14.4. The first kappa shape index (κ1) is 34.3. The molecule has 0 fully saturated rings. The van der Waals surface area contributed by atoms with Crippen LogP contribution in [0.1, 0.15) is 30.0 Å². The number of carbonyl (C=O) groups excluding carboxylic acids is 2. The maximum Gasteiger partial charge on any atom is 0.264 e. The zero-order valence-electron chi connectivity index (χ0n) is 24.9. The van der Waals surface area contributed by atoms with E-state index in [0.717, 1.165) is 9.87 Å². The van der Waals surface area contributed by atoms with E-state index in [-0.39, 0.29) is 23.8 Å². The van der Waals surface area contributed by atoms with Gasteiger partial charge in [-0.05, 0) is 72.5 Å². The van der Waals surface area contributed by atoms with Crippen molar-refractivity contribution in [2.75, 3.05) is 17.4 Å². The van der Waals surface area contributed by atoms with Crippen molar-refractivity contribution < 1.29 is 18.0 Å². The van der Waals surface area contributed by atoms with Crippen molar-refractivity contribution in [3.8, 4) is 0 Å². The molecule has 4 aromatic carbocycles. The van der Waals surface area contributed by atoms with E-state index in [1.54, 1.807) is 49.4 Å². The second-order valence-corrected chi connectivity index (χ2v) is 13.6. The van der Waals surface area contributed by atoms with E-state index in [4.69, 9.17) is 34.8 Å². The van der Waals surface area contributed by atoms with Gasteiger partial charge < -0.3 is 10.2 Å². The van der Waals surface area contributed by atoms with Gasteiger partial charge >= 0.3 is 0 Å². The lowest BCUT2D eigenvalue weighted by molar-refractivity contribution is -0.140. The van der Waals surface area contributed by atoms with Crippen molar-refractivity contribution in [1.82, 2.24) is 10.2 Å². The molecule has 2 amide bonds. The minimum absolute atomic E-state index is 0.0185. The lowest BCUT2D eigenvalue weighted by atomic mass is 10.0. The normalized spacial score (nSPS) is 11.9. The summed E-state index contributed by atoms with van der Waals surface area (Å²) in [6, 6.07) is 26.1. The number of anilines is 1. The van der Waals surface area contributed by atoms with Gasteiger partial charge in [-0.25, -0.2) is 8.42 Å². The van der Waals surface area contributed by atoms with Gasteiger partial charge in [-0.2, -0.15) is 0 Å². The van der Waals surface area contributed by atoms with E-state index in [2.05, 4.69) is 5.32 Å². The summed E-state index contributed by atoms with van der Waals surface area (Å²) in [5, 5.41) is 3.94. The third kappa shape index (κ3) is 8.79. The molecule has 1 N–H and O–H groups in total. The van der Waals surface area contributed by atoms with E-state index in [9.17, 15) is 18.0 Å². The predicted octanol–water partition coefficient (Wildman–Crippen LogP) is 7.32. The second-order valence-electron chi connectivity index (χ2n) is 10.5. The summed E-state index contributed by atoms with van der Waals surface area (Å²) in [4.78, 5) is 29.6. The van der Waals surface area contributed by atoms with Crippen molar-refractivity contribution in [1.29, 1.82) is 0 Å². The van der Waals surface area contributed by atoms with Crippen LogP contribution in [0.4, 0.5) is 5.69 Å². The molecule has 0 saturated carbocycles. The minimum Gasteiger partial charge on any atom is -0.354 e. The summed E-state index contributed by atoms with van der Waals surface area (Å²) in [5.41, 5.74) is 2.46. The molecule has 1 unspecified atom stereocenters. The topological polar surface area (TPSA) is 86.8 Å². The molecular weight excluding hydrogens is 653 g/mol. The largest absolute Gasteiger partial charge is 0.354 e. The first-order valence-corrected chi connectivity index (χ1v) is 17.0. The molecule has 45 heavy (non-hydrogen) atoms. The molecule has 1 atom stereocenters. The van der Waals surface area contributed by atoms with Crippen LogP contribution in [0.5, 0.6) is 0 Å². The molecule has 0 aromatic heterocycles. The Kier molecular flexibility index (Phi) is 11.9. The van der Waals surface area contributed by atoms with Crippen LogP contribution in [0.15, 0.2) is 102 Å². The molecular formula is C34H34Cl3N3O4S. The summed E-state index contributed by atoms with van der Waals surface area (Å²) in [7, 11) is -4.24. The summed E-state index contributed by atoms with van der Waals surface area (Å²) in [6.45, 7) is 3.54. The molecule has 7 nitrogen and oxygen atoms in total. The molecule has 11 heteroatoms. The summed E-state index contributed by atoms with van der Waals surface area (Å²) >= 11 is 18.5. The lowest BCUT2D eigenvalue weighted by Crippen LogP contribution is -2.53. The Hall–Kier alpha value is -3.56. The van der Waals surface area contributed by atoms with Crippen LogP contribution in [0.2, 0.25) is 15.1 Å². The predicted molar refractivity (Wildman–Crippen MR) is 181 cm³/mol. The smallest absolute Gasteiger partial charge is 0.264 e. The third-order valence-electron chi connectivity index (χ3n) is 7.22. The standard InChI is InChI=1S/C34H34Cl3N3O4S/c1-3-19-38-34(42)32(21-25-10-5-4-6-11-25)39(22-26-13-18-29(36)30(37)20-26)33(41)23-40(31-12-8-7-9-24(31)2)45(43,44)28-16-14-27(35)15-17-28/h4-18,20,32H,3,19,21-23H2,1-2H3,(H,38,42). The molecule has 236 valence electrons. The number of rotatable bonds is 13. The molecule has 0 saturated heterocycles. The van der Waals surface area contributed by atoms with Crippen molar-refractivity contribution in [2.24, 2.45) is 0 Å². The number of nitrogens with zero attached hydrogens (tertiary/aromatic N) is 2. The van der Waals surface area contributed by atoms with Gasteiger partial charge in [-0.3, -0.25) is 13.9 Å². The van der Waals surface area contributed by atoms with Crippen LogP contribution in [0.25, 0.3) is 0 Å². The van der Waals surface area contributed by atoms with E-state index in [0.29, 0.717) is 44.8 Å². The molecule has 0 heterocycles. The number of nitrogens with one attached hydrogen (secondary N) is 1. The van der Waals surface area contributed by atoms with E-state index in [1.807, 2.05) is 37.3 Å². The van der Waals surface area contributed by atoms with Gasteiger partial charge in [-0.1, -0.05) is 96.3 Å². The number of hydrogen-bond acceptors (Lipinski definition) is 4. The fourth-order valence-electron chi connectivity index (χ4n) is 4.85. The highest BCUT2D eigenvalue weighted by Crippen LogP contribution is 2.29. The zero-order chi connectivity index (χ0) is 32.6. The Labute approximate surface area is 279 Å². The Morgan fingerprint density at radius 1 is 0.822 bits per heavy atom. The molecule has 0 aliphatic heterocycles. The maximum atomic E-state index is 14.5. The lowest BCUT2D eigenvalue weighted by Gasteiger charge is -2.34. The Morgan fingerprint density at radius 3 is 2.13 bits per heavy atom. The van der Waals surface area contributed by atoms with Crippen LogP contribution >= 0.6 is 34.8 Å². The van der Waals surface area contributed by atoms with Crippen LogP contribution in [0.3, 0.4) is 0 Å². The highest BCUT2D eigenvalue weighted by Gasteiger charge is 2.35. The van der Waals surface area contributed by atoms with Crippen molar-refractivity contribution in [2.45, 2.75) is 44.2 Å². The van der Waals surface area contributed by atoms with E-state index in [1.165, 1.54) is 29.2 Å². The molecule has 0 bridgehead atoms. The Morgan fingerprint density at radius 2 is 1.49 bits per heavy atom. The van der Waals surface area contributed by atoms with Gasteiger partial charge in [0.25, 0.3) is 10.0 Å². The van der Waals surface area contributed by atoms with Gasteiger partial charge in [-0.15, -0.1) is 0 Å². The molecule has 0 radical (unpaired) electrons. The van der Waals surface area contributed by atoms with E-state index < -0.39 is 28.5 Å². The SMILES string of the molecule is CCCNC(=O)C(Cc1ccccc1)N(Cc1ccc(Cl)c(Cl)c1)C(=O)CN(c1ccccc1C)S(=O)(=O)c1ccc(Cl)cc1. The van der Waals surface area contributed by atoms with Crippen molar-refractivity contribution in [3.05, 3.63) is 129 Å². The molecule has 0 aliphatic carbocycles. The number of para-hydroxylation sites is 1. The number of halogens is 3. The quantitative estimate of drug-likeness (QED) is 0.160. The van der Waals surface area contributed by atoms with Crippen molar-refractivity contribution in [3.63, 3.8) is 0 Å². The number of hydrogen-bond donors (Lipinski definition) is 1. The van der Waals surface area contributed by atoms with Crippen molar-refractivity contribution >= 4 is 62.3 Å². The fourth-order valence-corrected chi connectivity index (χ4v) is 6.77. The number of benzene rings is 4. The Bertz CT molecular complexity index is 1740. The van der Waals surface area contributed by atoms with Gasteiger partial charge in [0.15, 0.2) is 0 Å². The van der Waals surface area contributed by atoms with Gasteiger partial charge in [0, 0.05) is 24.5 Å². The van der Waals surface area contributed by atoms with Gasteiger partial charge in [0.2, 0.25) is 11.8 Å². The van der Waals surface area contributed by atoms with Gasteiger partial charge in [0.05, 0.1) is 20.6 Å². The highest BCUT2D eigenvalue weighted by molar-refractivity contribution is 7.92. The molecule has 4 rings (SSSR count). The van der Waals surface area contributed by atoms with Crippen LogP contribution < -0.4 is 9.62 Å².